The fourth-order valence-corrected chi connectivity index (χ4v) is 2.59. The van der Waals surface area contributed by atoms with Crippen molar-refractivity contribution in [2.24, 2.45) is 0 Å². The van der Waals surface area contributed by atoms with Crippen LogP contribution in [-0.2, 0) is 0 Å². The van der Waals surface area contributed by atoms with Crippen molar-refractivity contribution in [1.82, 2.24) is 5.16 Å². The van der Waals surface area contributed by atoms with Gasteiger partial charge in [-0.25, -0.2) is 0 Å². The number of benzene rings is 2. The highest BCUT2D eigenvalue weighted by atomic mass is 16.5. The van der Waals surface area contributed by atoms with Crippen LogP contribution >= 0.6 is 0 Å². The van der Waals surface area contributed by atoms with Crippen LogP contribution in [0.5, 0.6) is 5.75 Å². The van der Waals surface area contributed by atoms with Crippen molar-refractivity contribution in [1.29, 1.82) is 0 Å². The lowest BCUT2D eigenvalue weighted by Gasteiger charge is -2.05. The molecule has 2 aromatic carbocycles. The maximum Gasteiger partial charge on any atom is 0.167 e. The zero-order valence-corrected chi connectivity index (χ0v) is 14.6. The first kappa shape index (κ1) is 17.0. The van der Waals surface area contributed by atoms with E-state index in [1.165, 1.54) is 12.8 Å². The van der Waals surface area contributed by atoms with Crippen LogP contribution in [0.4, 0.5) is 0 Å². The number of unbranched alkanes of at least 4 members (excludes halogenated alkanes) is 2. The van der Waals surface area contributed by atoms with Gasteiger partial charge in [0.05, 0.1) is 6.61 Å². The van der Waals surface area contributed by atoms with Crippen molar-refractivity contribution in [3.63, 3.8) is 0 Å². The van der Waals surface area contributed by atoms with E-state index in [0.717, 1.165) is 46.9 Å². The summed E-state index contributed by atoms with van der Waals surface area (Å²) in [5, 5.41) is 4.18. The van der Waals surface area contributed by atoms with Gasteiger partial charge < -0.3 is 9.26 Å². The molecule has 0 unspecified atom stereocenters. The number of hydrogen-bond acceptors (Lipinski definition) is 3. The van der Waals surface area contributed by atoms with Crippen LogP contribution < -0.4 is 4.74 Å². The summed E-state index contributed by atoms with van der Waals surface area (Å²) in [4.78, 5) is 0. The van der Waals surface area contributed by atoms with E-state index >= 15 is 0 Å². The van der Waals surface area contributed by atoms with Crippen molar-refractivity contribution >= 4 is 6.08 Å². The Morgan fingerprint density at radius 2 is 1.72 bits per heavy atom. The molecule has 0 N–H and O–H groups in total. The smallest absolute Gasteiger partial charge is 0.167 e. The Hall–Kier alpha value is -2.81. The molecule has 0 spiro atoms. The predicted octanol–water partition coefficient (Wildman–Crippen LogP) is 6.22. The van der Waals surface area contributed by atoms with Gasteiger partial charge >= 0.3 is 0 Å². The predicted molar refractivity (Wildman–Crippen MR) is 102 cm³/mol. The van der Waals surface area contributed by atoms with E-state index in [0.29, 0.717) is 0 Å². The Morgan fingerprint density at radius 1 is 1.00 bits per heavy atom. The summed E-state index contributed by atoms with van der Waals surface area (Å²) in [7, 11) is 0. The SMILES string of the molecule is C=Cc1ccc(-c2cc(-c3ccc(OCCCCC)cc3)on2)cc1. The largest absolute Gasteiger partial charge is 0.494 e. The van der Waals surface area contributed by atoms with Gasteiger partial charge in [-0.05, 0) is 36.2 Å². The minimum atomic E-state index is 0.750. The van der Waals surface area contributed by atoms with E-state index in [1.807, 2.05) is 60.7 Å². The monoisotopic (exact) mass is 333 g/mol. The molecule has 0 aliphatic rings. The Bertz CT molecular complexity index is 801. The van der Waals surface area contributed by atoms with Gasteiger partial charge in [-0.3, -0.25) is 0 Å². The van der Waals surface area contributed by atoms with Crippen LogP contribution in [-0.4, -0.2) is 11.8 Å². The lowest BCUT2D eigenvalue weighted by atomic mass is 10.1. The van der Waals surface area contributed by atoms with Crippen LogP contribution in [0.25, 0.3) is 28.7 Å². The minimum absolute atomic E-state index is 0.750. The summed E-state index contributed by atoms with van der Waals surface area (Å²) in [5.41, 5.74) is 3.92. The molecular weight excluding hydrogens is 310 g/mol. The minimum Gasteiger partial charge on any atom is -0.494 e. The highest BCUT2D eigenvalue weighted by molar-refractivity contribution is 5.68. The molecule has 0 radical (unpaired) electrons. The number of nitrogens with zero attached hydrogens (tertiary/aromatic N) is 1. The molecule has 3 nitrogen and oxygen atoms in total. The molecule has 128 valence electrons. The van der Waals surface area contributed by atoms with Crippen LogP contribution in [0.15, 0.2) is 65.7 Å². The number of hydrogen-bond donors (Lipinski definition) is 0. The van der Waals surface area contributed by atoms with Gasteiger partial charge in [-0.1, -0.05) is 61.8 Å². The van der Waals surface area contributed by atoms with Gasteiger partial charge in [0.1, 0.15) is 11.4 Å². The Labute approximate surface area is 148 Å². The molecule has 0 atom stereocenters. The van der Waals surface area contributed by atoms with Crippen LogP contribution in [0.3, 0.4) is 0 Å². The first-order valence-corrected chi connectivity index (χ1v) is 8.73. The van der Waals surface area contributed by atoms with E-state index in [2.05, 4.69) is 18.7 Å². The molecule has 0 aliphatic heterocycles. The van der Waals surface area contributed by atoms with Crippen molar-refractivity contribution in [3.05, 3.63) is 66.7 Å². The summed E-state index contributed by atoms with van der Waals surface area (Å²) < 4.78 is 11.2. The third kappa shape index (κ3) is 4.38. The summed E-state index contributed by atoms with van der Waals surface area (Å²) in [6, 6.07) is 18.0. The van der Waals surface area contributed by atoms with Gasteiger partial charge in [-0.15, -0.1) is 0 Å². The molecule has 0 fully saturated rings. The number of ether oxygens (including phenoxy) is 1. The number of rotatable bonds is 8. The first-order chi connectivity index (χ1) is 12.3. The highest BCUT2D eigenvalue weighted by Crippen LogP contribution is 2.27. The fraction of sp³-hybridized carbons (Fsp3) is 0.227. The summed E-state index contributed by atoms with van der Waals surface area (Å²) in [5.74, 6) is 1.64. The Morgan fingerprint density at radius 3 is 2.40 bits per heavy atom. The summed E-state index contributed by atoms with van der Waals surface area (Å²) in [6.45, 7) is 6.72. The van der Waals surface area contributed by atoms with Crippen LogP contribution in [0.2, 0.25) is 0 Å². The molecule has 25 heavy (non-hydrogen) atoms. The lowest BCUT2D eigenvalue weighted by molar-refractivity contribution is 0.306. The third-order valence-corrected chi connectivity index (χ3v) is 4.11. The van der Waals surface area contributed by atoms with Crippen molar-refractivity contribution in [2.75, 3.05) is 6.61 Å². The molecule has 0 saturated heterocycles. The quantitative estimate of drug-likeness (QED) is 0.459. The van der Waals surface area contributed by atoms with E-state index < -0.39 is 0 Å². The van der Waals surface area contributed by atoms with E-state index in [9.17, 15) is 0 Å². The Kier molecular flexibility index (Phi) is 5.68. The lowest BCUT2D eigenvalue weighted by Crippen LogP contribution is -1.96. The zero-order valence-electron chi connectivity index (χ0n) is 14.6. The maximum atomic E-state index is 5.74. The van der Waals surface area contributed by atoms with Crippen molar-refractivity contribution in [2.45, 2.75) is 26.2 Å². The summed E-state index contributed by atoms with van der Waals surface area (Å²) >= 11 is 0. The van der Waals surface area contributed by atoms with Gasteiger partial charge in [0.15, 0.2) is 5.76 Å². The average Bonchev–Trinajstić information content (AvgIpc) is 3.16. The molecule has 0 aliphatic carbocycles. The van der Waals surface area contributed by atoms with Crippen molar-refractivity contribution < 1.29 is 9.26 Å². The first-order valence-electron chi connectivity index (χ1n) is 8.73. The van der Waals surface area contributed by atoms with Crippen molar-refractivity contribution in [3.8, 4) is 28.3 Å². The van der Waals surface area contributed by atoms with Crippen LogP contribution in [0.1, 0.15) is 31.7 Å². The maximum absolute atomic E-state index is 5.74. The van der Waals surface area contributed by atoms with Gasteiger partial charge in [0.2, 0.25) is 0 Å². The molecule has 1 aromatic heterocycles. The molecule has 3 heteroatoms. The van der Waals surface area contributed by atoms with E-state index in [-0.39, 0.29) is 0 Å². The molecule has 0 saturated carbocycles. The topological polar surface area (TPSA) is 35.3 Å². The molecule has 1 heterocycles. The molecular formula is C22H23NO2. The van der Waals surface area contributed by atoms with E-state index in [4.69, 9.17) is 9.26 Å². The third-order valence-electron chi connectivity index (χ3n) is 4.11. The zero-order chi connectivity index (χ0) is 17.5. The van der Waals surface area contributed by atoms with Gasteiger partial charge in [-0.2, -0.15) is 0 Å². The second-order valence-corrected chi connectivity index (χ2v) is 5.98. The Balaban J connectivity index is 1.68. The van der Waals surface area contributed by atoms with Gasteiger partial charge in [0.25, 0.3) is 0 Å². The second kappa shape index (κ2) is 8.34. The summed E-state index contributed by atoms with van der Waals surface area (Å²) in [6.07, 6.45) is 5.32. The molecule has 3 aromatic rings. The normalized spacial score (nSPS) is 10.6. The van der Waals surface area contributed by atoms with E-state index in [1.54, 1.807) is 0 Å². The number of aromatic nitrogens is 1. The highest BCUT2D eigenvalue weighted by Gasteiger charge is 2.09. The average molecular weight is 333 g/mol. The van der Waals surface area contributed by atoms with Gasteiger partial charge in [0, 0.05) is 17.2 Å². The fourth-order valence-electron chi connectivity index (χ4n) is 2.59. The van der Waals surface area contributed by atoms with Crippen LogP contribution in [0, 0.1) is 0 Å². The standard InChI is InChI=1S/C22H23NO2/c1-3-5-6-15-24-20-13-11-19(12-14-20)22-16-21(23-25-22)18-9-7-17(4-2)8-10-18/h4,7-14,16H,2-3,5-6,15H2,1H3. The molecule has 0 bridgehead atoms. The second-order valence-electron chi connectivity index (χ2n) is 5.98. The molecule has 3 rings (SSSR count). The molecule has 0 amide bonds.